The second-order valence-electron chi connectivity index (χ2n) is 16.7. The monoisotopic (exact) mass is 749 g/mol. The number of hydrogen-bond acceptors (Lipinski definition) is 2. The van der Waals surface area contributed by atoms with Crippen molar-refractivity contribution in [3.8, 4) is 33.4 Å². The lowest BCUT2D eigenvalue weighted by Gasteiger charge is -2.38. The molecule has 0 saturated heterocycles. The van der Waals surface area contributed by atoms with Crippen molar-refractivity contribution in [1.82, 2.24) is 0 Å². The molecule has 1 atom stereocenters. The van der Waals surface area contributed by atoms with Crippen LogP contribution in [0.3, 0.4) is 0 Å². The molecule has 1 aromatic heterocycles. The van der Waals surface area contributed by atoms with Gasteiger partial charge in [-0.2, -0.15) is 0 Å². The summed E-state index contributed by atoms with van der Waals surface area (Å²) in [6.45, 7) is 9.52. The highest BCUT2D eigenvalue weighted by Crippen LogP contribution is 2.58. The summed E-state index contributed by atoms with van der Waals surface area (Å²) in [5.41, 5.74) is 17.7. The summed E-state index contributed by atoms with van der Waals surface area (Å²) < 4.78 is 2.67. The van der Waals surface area contributed by atoms with Crippen molar-refractivity contribution in [1.29, 1.82) is 0 Å². The molecule has 0 N–H and O–H groups in total. The van der Waals surface area contributed by atoms with Gasteiger partial charge in [-0.15, -0.1) is 11.3 Å². The van der Waals surface area contributed by atoms with E-state index < -0.39 is 0 Å². The lowest BCUT2D eigenvalue weighted by molar-refractivity contribution is 0.447. The zero-order chi connectivity index (χ0) is 38.5. The van der Waals surface area contributed by atoms with Gasteiger partial charge < -0.3 is 4.90 Å². The Hall–Kier alpha value is -6.22. The summed E-state index contributed by atoms with van der Waals surface area (Å²) in [6.07, 6.45) is 0. The molecule has 0 radical (unpaired) electrons. The van der Waals surface area contributed by atoms with Gasteiger partial charge in [-0.25, -0.2) is 0 Å². The summed E-state index contributed by atoms with van der Waals surface area (Å²) in [4.78, 5) is 2.48. The minimum Gasteiger partial charge on any atom is -0.310 e. The molecule has 274 valence electrons. The lowest BCUT2D eigenvalue weighted by Crippen LogP contribution is -2.33. The molecule has 0 fully saturated rings. The first kappa shape index (κ1) is 34.1. The molecule has 0 saturated carbocycles. The van der Waals surface area contributed by atoms with Crippen molar-refractivity contribution in [2.24, 2.45) is 5.92 Å². The fraction of sp³-hybridized carbons (Fsp3) is 0.127. The van der Waals surface area contributed by atoms with Crippen LogP contribution in [0.2, 0.25) is 0 Å². The van der Waals surface area contributed by atoms with E-state index in [1.807, 2.05) is 11.3 Å². The molecule has 1 unspecified atom stereocenters. The minimum atomic E-state index is -0.287. The Balaban J connectivity index is 1.10. The Morgan fingerprint density at radius 3 is 1.70 bits per heavy atom. The molecule has 57 heavy (non-hydrogen) atoms. The van der Waals surface area contributed by atoms with Crippen molar-refractivity contribution < 1.29 is 0 Å². The number of rotatable bonds is 6. The molecule has 0 bridgehead atoms. The first-order valence-corrected chi connectivity index (χ1v) is 21.0. The lowest BCUT2D eigenvalue weighted by atomic mass is 9.65. The van der Waals surface area contributed by atoms with Crippen LogP contribution >= 0.6 is 11.3 Å². The van der Waals surface area contributed by atoms with E-state index in [9.17, 15) is 0 Å². The predicted octanol–water partition coefficient (Wildman–Crippen LogP) is 15.5. The summed E-state index contributed by atoms with van der Waals surface area (Å²) in [5, 5.41) is 2.65. The number of hydrogen-bond donors (Lipinski definition) is 0. The Bertz CT molecular complexity index is 3020. The first-order chi connectivity index (χ1) is 27.8. The largest absolute Gasteiger partial charge is 0.310 e. The second kappa shape index (κ2) is 12.6. The smallest absolute Gasteiger partial charge is 0.0487 e. The molecule has 0 amide bonds. The van der Waals surface area contributed by atoms with Gasteiger partial charge in [0.05, 0.1) is 0 Å². The maximum absolute atomic E-state index is 2.50. The molecule has 0 spiro atoms. The number of nitrogens with zero attached hydrogens (tertiary/aromatic N) is 1. The number of fused-ring (bicyclic) bond motifs is 9. The van der Waals surface area contributed by atoms with Gasteiger partial charge in [-0.05, 0) is 122 Å². The van der Waals surface area contributed by atoms with Gasteiger partial charge in [0.2, 0.25) is 0 Å². The van der Waals surface area contributed by atoms with Gasteiger partial charge in [0.15, 0.2) is 0 Å². The molecule has 11 rings (SSSR count). The third kappa shape index (κ3) is 4.93. The zero-order valence-electron chi connectivity index (χ0n) is 32.8. The minimum absolute atomic E-state index is 0.110. The van der Waals surface area contributed by atoms with Crippen LogP contribution in [0.25, 0.3) is 53.6 Å². The van der Waals surface area contributed by atoms with Gasteiger partial charge in [0, 0.05) is 48.1 Å². The van der Waals surface area contributed by atoms with E-state index in [4.69, 9.17) is 0 Å². The van der Waals surface area contributed by atoms with Gasteiger partial charge >= 0.3 is 0 Å². The average molecular weight is 750 g/mol. The van der Waals surface area contributed by atoms with E-state index >= 15 is 0 Å². The maximum atomic E-state index is 2.50. The van der Waals surface area contributed by atoms with Gasteiger partial charge in [-0.3, -0.25) is 0 Å². The molecule has 2 heteroatoms. The van der Waals surface area contributed by atoms with Crippen molar-refractivity contribution in [2.45, 2.75) is 38.5 Å². The Kier molecular flexibility index (Phi) is 7.56. The van der Waals surface area contributed by atoms with Crippen LogP contribution < -0.4 is 4.90 Å². The molecule has 1 heterocycles. The SMILES string of the molecule is CC(C)C1(c2ccccc2)c2ccccc2-c2ccc(N(c3ccc(-c4ccc5sc6ccccc6c5c4)cc3)c3ccc4c(c3)C(C)(C)c3ccccc3-4)cc21. The van der Waals surface area contributed by atoms with E-state index in [1.165, 1.54) is 87.1 Å². The fourth-order valence-corrected chi connectivity index (χ4v) is 11.5. The van der Waals surface area contributed by atoms with Crippen molar-refractivity contribution in [3.63, 3.8) is 0 Å². The van der Waals surface area contributed by atoms with E-state index in [-0.39, 0.29) is 10.8 Å². The zero-order valence-corrected chi connectivity index (χ0v) is 33.6. The molecule has 8 aromatic carbocycles. The second-order valence-corrected chi connectivity index (χ2v) is 17.8. The van der Waals surface area contributed by atoms with Crippen LogP contribution in [-0.4, -0.2) is 0 Å². The fourth-order valence-electron chi connectivity index (χ4n) is 10.4. The highest BCUT2D eigenvalue weighted by Gasteiger charge is 2.47. The van der Waals surface area contributed by atoms with Gasteiger partial charge in [0.1, 0.15) is 0 Å². The van der Waals surface area contributed by atoms with E-state index in [0.717, 1.165) is 11.4 Å². The number of benzene rings is 8. The van der Waals surface area contributed by atoms with Crippen molar-refractivity contribution in [3.05, 3.63) is 210 Å². The van der Waals surface area contributed by atoms with Crippen LogP contribution in [0.5, 0.6) is 0 Å². The Morgan fingerprint density at radius 1 is 0.421 bits per heavy atom. The summed E-state index contributed by atoms with van der Waals surface area (Å²) in [5.74, 6) is 0.322. The van der Waals surface area contributed by atoms with Crippen LogP contribution in [-0.2, 0) is 10.8 Å². The number of thiophene rings is 1. The summed E-state index contributed by atoms with van der Waals surface area (Å²) in [7, 11) is 0. The third-order valence-corrected chi connectivity index (χ3v) is 14.2. The van der Waals surface area contributed by atoms with Crippen molar-refractivity contribution >= 4 is 48.6 Å². The highest BCUT2D eigenvalue weighted by atomic mass is 32.1. The quantitative estimate of drug-likeness (QED) is 0.164. The van der Waals surface area contributed by atoms with E-state index in [2.05, 4.69) is 215 Å². The average Bonchev–Trinajstić information content (AvgIpc) is 3.85. The molecule has 2 aliphatic carbocycles. The molecular weight excluding hydrogens is 707 g/mol. The topological polar surface area (TPSA) is 3.24 Å². The Morgan fingerprint density at radius 2 is 0.965 bits per heavy atom. The van der Waals surface area contributed by atoms with E-state index in [0.29, 0.717) is 5.92 Å². The summed E-state index contributed by atoms with van der Waals surface area (Å²) >= 11 is 1.87. The number of anilines is 3. The molecule has 1 nitrogen and oxygen atoms in total. The molecular formula is C55H43NS. The standard InChI is InChI=1S/C55H43NS/c1-35(2)55(38-14-6-5-7-15-38)49-20-12-9-17-43(49)45-30-28-41(34-51(45)55)56(40-27-29-44-42-16-8-11-19-48(42)54(3,4)50(44)33-40)39-25-22-36(23-26-39)37-24-31-53-47(32-37)46-18-10-13-21-52(46)57-53/h5-35H,1-4H3. The van der Waals surface area contributed by atoms with Crippen molar-refractivity contribution in [2.75, 3.05) is 4.90 Å². The molecule has 9 aromatic rings. The molecule has 0 aliphatic heterocycles. The van der Waals surface area contributed by atoms with Crippen LogP contribution in [0, 0.1) is 5.92 Å². The summed E-state index contributed by atoms with van der Waals surface area (Å²) in [6, 6.07) is 68.4. The third-order valence-electron chi connectivity index (χ3n) is 13.1. The molecule has 2 aliphatic rings. The normalized spacial score (nSPS) is 16.1. The van der Waals surface area contributed by atoms with Crippen LogP contribution in [0.15, 0.2) is 182 Å². The predicted molar refractivity (Wildman–Crippen MR) is 244 cm³/mol. The maximum Gasteiger partial charge on any atom is 0.0487 e. The Labute approximate surface area is 339 Å². The van der Waals surface area contributed by atoms with Gasteiger partial charge in [0.25, 0.3) is 0 Å². The van der Waals surface area contributed by atoms with Gasteiger partial charge in [-0.1, -0.05) is 155 Å². The highest BCUT2D eigenvalue weighted by molar-refractivity contribution is 7.25. The van der Waals surface area contributed by atoms with Crippen LogP contribution in [0.4, 0.5) is 17.1 Å². The van der Waals surface area contributed by atoms with E-state index in [1.54, 1.807) is 0 Å². The van der Waals surface area contributed by atoms with Crippen LogP contribution in [0.1, 0.15) is 55.5 Å². The first-order valence-electron chi connectivity index (χ1n) is 20.2.